The molecule has 0 radical (unpaired) electrons. The molecule has 112 valence electrons. The van der Waals surface area contributed by atoms with Crippen LogP contribution in [0.1, 0.15) is 37.9 Å². The van der Waals surface area contributed by atoms with Gasteiger partial charge in [0.05, 0.1) is 12.8 Å². The standard InChI is InChI=1S/C15H21N5O/c1-15(2,3)11-8-13(20-16)19-12(18-11)7-10-5-6-14(21-4)17-9-10/h5-6,8-9H,7,16H2,1-4H3,(H,18,19,20). The van der Waals surface area contributed by atoms with Crippen LogP contribution < -0.4 is 16.0 Å². The Balaban J connectivity index is 2.29. The highest BCUT2D eigenvalue weighted by Gasteiger charge is 2.18. The van der Waals surface area contributed by atoms with Gasteiger partial charge in [-0.25, -0.2) is 20.8 Å². The molecule has 0 spiro atoms. The van der Waals surface area contributed by atoms with Gasteiger partial charge in [0, 0.05) is 30.2 Å². The van der Waals surface area contributed by atoms with Crippen LogP contribution in [0.3, 0.4) is 0 Å². The number of rotatable bonds is 4. The van der Waals surface area contributed by atoms with Gasteiger partial charge in [0.15, 0.2) is 0 Å². The number of ether oxygens (including phenoxy) is 1. The molecule has 0 amide bonds. The van der Waals surface area contributed by atoms with Crippen LogP contribution >= 0.6 is 0 Å². The molecule has 6 heteroatoms. The molecule has 2 rings (SSSR count). The van der Waals surface area contributed by atoms with Crippen molar-refractivity contribution in [3.05, 3.63) is 41.5 Å². The van der Waals surface area contributed by atoms with E-state index in [4.69, 9.17) is 10.6 Å². The Morgan fingerprint density at radius 1 is 1.24 bits per heavy atom. The van der Waals surface area contributed by atoms with E-state index in [1.165, 1.54) is 0 Å². The highest BCUT2D eigenvalue weighted by atomic mass is 16.5. The number of nitrogens with two attached hydrogens (primary N) is 1. The van der Waals surface area contributed by atoms with Crippen LogP contribution in [0.25, 0.3) is 0 Å². The van der Waals surface area contributed by atoms with Crippen LogP contribution in [0.2, 0.25) is 0 Å². The van der Waals surface area contributed by atoms with Crippen molar-refractivity contribution in [1.82, 2.24) is 15.0 Å². The van der Waals surface area contributed by atoms with E-state index in [0.29, 0.717) is 23.9 Å². The summed E-state index contributed by atoms with van der Waals surface area (Å²) in [6, 6.07) is 5.65. The Kier molecular flexibility index (Phi) is 4.37. The van der Waals surface area contributed by atoms with Crippen molar-refractivity contribution in [1.29, 1.82) is 0 Å². The zero-order valence-corrected chi connectivity index (χ0v) is 12.8. The molecule has 0 fully saturated rings. The van der Waals surface area contributed by atoms with E-state index < -0.39 is 0 Å². The van der Waals surface area contributed by atoms with E-state index in [1.807, 2.05) is 18.2 Å². The summed E-state index contributed by atoms with van der Waals surface area (Å²) >= 11 is 0. The first-order chi connectivity index (χ1) is 9.92. The van der Waals surface area contributed by atoms with Gasteiger partial charge in [-0.3, -0.25) is 0 Å². The lowest BCUT2D eigenvalue weighted by atomic mass is 9.92. The van der Waals surface area contributed by atoms with Gasteiger partial charge < -0.3 is 10.2 Å². The number of nitrogens with zero attached hydrogens (tertiary/aromatic N) is 3. The second kappa shape index (κ2) is 6.05. The van der Waals surface area contributed by atoms with E-state index >= 15 is 0 Å². The number of nitrogens with one attached hydrogen (secondary N) is 1. The van der Waals surface area contributed by atoms with Crippen molar-refractivity contribution < 1.29 is 4.74 Å². The maximum atomic E-state index is 5.49. The largest absolute Gasteiger partial charge is 0.481 e. The Bertz CT molecular complexity index is 604. The van der Waals surface area contributed by atoms with Crippen LogP contribution in [-0.4, -0.2) is 22.1 Å². The van der Waals surface area contributed by atoms with Gasteiger partial charge >= 0.3 is 0 Å². The van der Waals surface area contributed by atoms with Gasteiger partial charge in [0.2, 0.25) is 5.88 Å². The fraction of sp³-hybridized carbons (Fsp3) is 0.400. The number of hydrogen-bond acceptors (Lipinski definition) is 6. The maximum absolute atomic E-state index is 5.49. The van der Waals surface area contributed by atoms with E-state index in [9.17, 15) is 0 Å². The summed E-state index contributed by atoms with van der Waals surface area (Å²) in [4.78, 5) is 13.2. The number of nitrogen functional groups attached to an aromatic ring is 1. The van der Waals surface area contributed by atoms with Gasteiger partial charge in [-0.05, 0) is 5.56 Å². The van der Waals surface area contributed by atoms with Gasteiger partial charge in [-0.15, -0.1) is 0 Å². The lowest BCUT2D eigenvalue weighted by Crippen LogP contribution is -2.18. The average Bonchev–Trinajstić information content (AvgIpc) is 2.46. The minimum absolute atomic E-state index is 0.0680. The van der Waals surface area contributed by atoms with Crippen molar-refractivity contribution >= 4 is 5.82 Å². The number of methoxy groups -OCH3 is 1. The zero-order chi connectivity index (χ0) is 15.5. The van der Waals surface area contributed by atoms with E-state index in [0.717, 1.165) is 11.3 Å². The van der Waals surface area contributed by atoms with Gasteiger partial charge in [0.25, 0.3) is 0 Å². The molecule has 2 aromatic heterocycles. The Hall–Kier alpha value is -2.21. The Morgan fingerprint density at radius 2 is 2.00 bits per heavy atom. The highest BCUT2D eigenvalue weighted by molar-refractivity contribution is 5.37. The molecule has 0 bridgehead atoms. The summed E-state index contributed by atoms with van der Waals surface area (Å²) in [5.41, 5.74) is 4.49. The molecule has 0 aliphatic rings. The summed E-state index contributed by atoms with van der Waals surface area (Å²) < 4.78 is 5.05. The maximum Gasteiger partial charge on any atom is 0.212 e. The molecule has 6 nitrogen and oxygen atoms in total. The summed E-state index contributed by atoms with van der Waals surface area (Å²) in [5, 5.41) is 0. The molecule has 0 aromatic carbocycles. The first kappa shape index (κ1) is 15.2. The fourth-order valence-electron chi connectivity index (χ4n) is 1.85. The van der Waals surface area contributed by atoms with Crippen molar-refractivity contribution in [2.75, 3.05) is 12.5 Å². The molecule has 0 unspecified atom stereocenters. The van der Waals surface area contributed by atoms with Crippen molar-refractivity contribution in [2.24, 2.45) is 5.84 Å². The van der Waals surface area contributed by atoms with E-state index in [2.05, 4.69) is 41.1 Å². The van der Waals surface area contributed by atoms with Crippen LogP contribution in [0.4, 0.5) is 5.82 Å². The molecule has 0 atom stereocenters. The minimum atomic E-state index is -0.0680. The summed E-state index contributed by atoms with van der Waals surface area (Å²) in [6.07, 6.45) is 2.36. The predicted octanol–water partition coefficient (Wildman–Crippen LogP) is 2.05. The van der Waals surface area contributed by atoms with E-state index in [-0.39, 0.29) is 5.41 Å². The van der Waals surface area contributed by atoms with Crippen LogP contribution in [0.5, 0.6) is 5.88 Å². The van der Waals surface area contributed by atoms with Crippen LogP contribution in [0.15, 0.2) is 24.4 Å². The number of hydrogen-bond donors (Lipinski definition) is 2. The Labute approximate surface area is 124 Å². The molecule has 2 heterocycles. The number of pyridine rings is 1. The molecule has 0 aliphatic heterocycles. The normalized spacial score (nSPS) is 11.3. The van der Waals surface area contributed by atoms with E-state index in [1.54, 1.807) is 13.3 Å². The molecular weight excluding hydrogens is 266 g/mol. The summed E-state index contributed by atoms with van der Waals surface area (Å²) in [5.74, 6) is 7.41. The highest BCUT2D eigenvalue weighted by Crippen LogP contribution is 2.22. The lowest BCUT2D eigenvalue weighted by Gasteiger charge is -2.19. The topological polar surface area (TPSA) is 86.0 Å². The van der Waals surface area contributed by atoms with Crippen molar-refractivity contribution in [3.63, 3.8) is 0 Å². The van der Waals surface area contributed by atoms with Gasteiger partial charge in [-0.2, -0.15) is 0 Å². The number of aromatic nitrogens is 3. The smallest absolute Gasteiger partial charge is 0.212 e. The fourth-order valence-corrected chi connectivity index (χ4v) is 1.85. The van der Waals surface area contributed by atoms with Gasteiger partial charge in [-0.1, -0.05) is 26.8 Å². The number of hydrazine groups is 1. The van der Waals surface area contributed by atoms with Crippen molar-refractivity contribution in [2.45, 2.75) is 32.6 Å². The average molecular weight is 287 g/mol. The van der Waals surface area contributed by atoms with Crippen LogP contribution in [0, 0.1) is 0 Å². The molecule has 0 aliphatic carbocycles. The Morgan fingerprint density at radius 3 is 2.52 bits per heavy atom. The lowest BCUT2D eigenvalue weighted by molar-refractivity contribution is 0.397. The molecule has 3 N–H and O–H groups in total. The third-order valence-corrected chi connectivity index (χ3v) is 3.06. The van der Waals surface area contributed by atoms with Gasteiger partial charge in [0.1, 0.15) is 11.6 Å². The zero-order valence-electron chi connectivity index (χ0n) is 12.8. The number of anilines is 1. The predicted molar refractivity (Wildman–Crippen MR) is 82.1 cm³/mol. The molecule has 21 heavy (non-hydrogen) atoms. The monoisotopic (exact) mass is 287 g/mol. The molecule has 0 saturated heterocycles. The first-order valence-electron chi connectivity index (χ1n) is 6.76. The minimum Gasteiger partial charge on any atom is -0.481 e. The molecule has 0 saturated carbocycles. The SMILES string of the molecule is COc1ccc(Cc2nc(NN)cc(C(C)(C)C)n2)cn1. The first-order valence-corrected chi connectivity index (χ1v) is 6.76. The van der Waals surface area contributed by atoms with Crippen molar-refractivity contribution in [3.8, 4) is 5.88 Å². The summed E-state index contributed by atoms with van der Waals surface area (Å²) in [7, 11) is 1.59. The molecule has 2 aromatic rings. The molecular formula is C15H21N5O. The summed E-state index contributed by atoms with van der Waals surface area (Å²) in [6.45, 7) is 6.32. The quantitative estimate of drug-likeness (QED) is 0.661. The second-order valence-corrected chi connectivity index (χ2v) is 5.83. The van der Waals surface area contributed by atoms with Crippen LogP contribution in [-0.2, 0) is 11.8 Å². The third kappa shape index (κ3) is 3.88. The second-order valence-electron chi connectivity index (χ2n) is 5.83. The third-order valence-electron chi connectivity index (χ3n) is 3.06.